The molecule has 0 bridgehead atoms. The number of nitrogens with two attached hydrogens (primary N) is 1. The summed E-state index contributed by atoms with van der Waals surface area (Å²) in [6, 6.07) is 8.98. The third-order valence-corrected chi connectivity index (χ3v) is 12.5. The van der Waals surface area contributed by atoms with Crippen LogP contribution >= 0.6 is 0 Å². The number of benzene rings is 1. The summed E-state index contributed by atoms with van der Waals surface area (Å²) < 4.78 is 0. The van der Waals surface area contributed by atoms with Crippen molar-refractivity contribution >= 4 is 5.91 Å². The van der Waals surface area contributed by atoms with Crippen LogP contribution in [0.5, 0.6) is 0 Å². The Morgan fingerprint density at radius 1 is 1.02 bits per heavy atom. The van der Waals surface area contributed by atoms with Crippen molar-refractivity contribution in [2.45, 2.75) is 110 Å². The molecule has 268 valence electrons. The highest BCUT2D eigenvalue weighted by molar-refractivity contribution is 5.75. The van der Waals surface area contributed by atoms with Crippen LogP contribution in [0.3, 0.4) is 0 Å². The first kappa shape index (κ1) is 36.7. The third-order valence-electron chi connectivity index (χ3n) is 12.5. The van der Waals surface area contributed by atoms with Gasteiger partial charge in [-0.25, -0.2) is 0 Å². The molecule has 5 rings (SSSR count). The highest BCUT2D eigenvalue weighted by Crippen LogP contribution is 2.66. The lowest BCUT2D eigenvalue weighted by Gasteiger charge is -2.42. The van der Waals surface area contributed by atoms with Gasteiger partial charge in [-0.3, -0.25) is 4.79 Å². The molecule has 2 saturated carbocycles. The Morgan fingerprint density at radius 3 is 2.18 bits per heavy atom. The number of hydrogen-bond acceptors (Lipinski definition) is 6. The Balaban J connectivity index is 1.39. The van der Waals surface area contributed by atoms with Gasteiger partial charge in [0.25, 0.3) is 0 Å². The summed E-state index contributed by atoms with van der Waals surface area (Å²) >= 11 is 0. The Morgan fingerprint density at radius 2 is 1.65 bits per heavy atom. The lowest BCUT2D eigenvalue weighted by atomic mass is 9.79. The van der Waals surface area contributed by atoms with Crippen LogP contribution in [0.1, 0.15) is 84.3 Å². The van der Waals surface area contributed by atoms with Gasteiger partial charge in [0.15, 0.2) is 0 Å². The number of carbonyl (C=O) groups excluding carboxylic acids is 1. The molecule has 7 heteroatoms. The summed E-state index contributed by atoms with van der Waals surface area (Å²) in [6.45, 7) is 34.8. The first-order valence-electron chi connectivity index (χ1n) is 18.6. The lowest BCUT2D eigenvalue weighted by molar-refractivity contribution is -0.120. The molecule has 1 aliphatic heterocycles. The van der Waals surface area contributed by atoms with Crippen LogP contribution in [0.2, 0.25) is 0 Å². The number of hydrogen-bond donors (Lipinski definition) is 5. The smallest absolute Gasteiger partial charge is 0.219 e. The topological polar surface area (TPSA) is 94.4 Å². The number of carbonyl (C=O) groups is 1. The van der Waals surface area contributed by atoms with E-state index in [0.717, 1.165) is 48.6 Å². The van der Waals surface area contributed by atoms with Crippen LogP contribution in [0.4, 0.5) is 0 Å². The predicted octanol–water partition coefficient (Wildman–Crippen LogP) is 6.52. The molecule has 1 saturated heterocycles. The molecule has 0 spiro atoms. The van der Waals surface area contributed by atoms with Crippen molar-refractivity contribution in [1.82, 2.24) is 26.2 Å². The summed E-state index contributed by atoms with van der Waals surface area (Å²) in [5.74, 6) is 2.89. The van der Waals surface area contributed by atoms with Gasteiger partial charge in [-0.2, -0.15) is 0 Å². The summed E-state index contributed by atoms with van der Waals surface area (Å²) in [6.07, 6.45) is 7.96. The van der Waals surface area contributed by atoms with Crippen molar-refractivity contribution in [3.05, 3.63) is 96.8 Å². The zero-order chi connectivity index (χ0) is 35.8. The van der Waals surface area contributed by atoms with Gasteiger partial charge in [0.05, 0.1) is 23.9 Å². The maximum atomic E-state index is 12.2. The molecule has 0 aromatic heterocycles. The minimum atomic E-state index is -0.0695. The highest BCUT2D eigenvalue weighted by atomic mass is 16.1. The SMILES string of the molecule is C=C(NC(C(=C)N1CC2[C@@H](C1C(=C)NC(CC1CCC1)C(=C)C(=C)N)C2(C)C)C1Cc2ccccc2C1)NC(CCC(=O)NC)C(C)(C)C. The second kappa shape index (κ2) is 14.3. The van der Waals surface area contributed by atoms with Gasteiger partial charge in [0, 0.05) is 43.1 Å². The van der Waals surface area contributed by atoms with Gasteiger partial charge in [0.2, 0.25) is 5.91 Å². The summed E-state index contributed by atoms with van der Waals surface area (Å²) in [5, 5.41) is 14.2. The summed E-state index contributed by atoms with van der Waals surface area (Å²) in [5.41, 5.74) is 12.8. The second-order valence-electron chi connectivity index (χ2n) is 17.2. The zero-order valence-corrected chi connectivity index (χ0v) is 31.3. The fourth-order valence-electron chi connectivity index (χ4n) is 8.91. The van der Waals surface area contributed by atoms with Crippen LogP contribution in [0, 0.1) is 34.5 Å². The van der Waals surface area contributed by atoms with Gasteiger partial charge in [-0.05, 0) is 76.9 Å². The monoisotopic (exact) mass is 669 g/mol. The van der Waals surface area contributed by atoms with E-state index in [0.29, 0.717) is 42.2 Å². The number of amides is 1. The van der Waals surface area contributed by atoms with Gasteiger partial charge >= 0.3 is 0 Å². The number of rotatable bonds is 17. The molecule has 1 heterocycles. The van der Waals surface area contributed by atoms with Crippen LogP contribution in [0.25, 0.3) is 0 Å². The van der Waals surface area contributed by atoms with Gasteiger partial charge in [-0.1, -0.05) is 111 Å². The van der Waals surface area contributed by atoms with Gasteiger partial charge in [-0.15, -0.1) is 0 Å². The Labute approximate surface area is 297 Å². The van der Waals surface area contributed by atoms with Crippen molar-refractivity contribution < 1.29 is 4.79 Å². The van der Waals surface area contributed by atoms with E-state index in [4.69, 9.17) is 18.9 Å². The molecular formula is C42H64N6O. The number of likely N-dealkylation sites (tertiary alicyclic amines) is 1. The van der Waals surface area contributed by atoms with E-state index in [2.05, 4.69) is 105 Å². The Bertz CT molecular complexity index is 1440. The van der Waals surface area contributed by atoms with Crippen molar-refractivity contribution in [2.24, 2.45) is 40.2 Å². The molecule has 1 amide bonds. The molecule has 6 N–H and O–H groups in total. The predicted molar refractivity (Wildman–Crippen MR) is 204 cm³/mol. The maximum Gasteiger partial charge on any atom is 0.219 e. The molecule has 1 aromatic rings. The van der Waals surface area contributed by atoms with E-state index in [1.165, 1.54) is 30.4 Å². The van der Waals surface area contributed by atoms with Crippen LogP contribution in [-0.4, -0.2) is 48.6 Å². The van der Waals surface area contributed by atoms with E-state index in [1.807, 2.05) is 0 Å². The van der Waals surface area contributed by atoms with Crippen LogP contribution < -0.4 is 27.0 Å². The molecule has 6 atom stereocenters. The first-order valence-corrected chi connectivity index (χ1v) is 18.6. The van der Waals surface area contributed by atoms with E-state index in [-0.39, 0.29) is 40.9 Å². The Hall–Kier alpha value is -3.61. The van der Waals surface area contributed by atoms with Gasteiger partial charge in [0.1, 0.15) is 0 Å². The minimum Gasteiger partial charge on any atom is -0.399 e. The molecule has 3 fully saturated rings. The van der Waals surface area contributed by atoms with Crippen molar-refractivity contribution in [1.29, 1.82) is 0 Å². The molecule has 4 aliphatic rings. The highest BCUT2D eigenvalue weighted by Gasteiger charge is 2.67. The molecule has 1 aromatic carbocycles. The third kappa shape index (κ3) is 7.91. The average Bonchev–Trinajstić information content (AvgIpc) is 3.38. The standard InChI is InChI=1S/C42H64N6O/c1-25(26(2)43)35(21-30-15-14-16-30)45-27(3)40-38-34(42(38,9)10)24-48(40)28(4)39(33-22-31-17-12-13-18-32(31)23-33)47-29(5)46-36(41(6,7)8)19-20-37(49)44-11/h12-13,17-18,30,33-36,38-40,45-47H,1-5,14-16,19-24,43H2,6-11H3,(H,44,49)/t34?,35?,36?,38-,39?,40?/m0/s1. The largest absolute Gasteiger partial charge is 0.399 e. The van der Waals surface area contributed by atoms with E-state index in [9.17, 15) is 4.79 Å². The van der Waals surface area contributed by atoms with Crippen molar-refractivity contribution in [3.8, 4) is 0 Å². The van der Waals surface area contributed by atoms with Crippen molar-refractivity contribution in [2.75, 3.05) is 13.6 Å². The van der Waals surface area contributed by atoms with Crippen LogP contribution in [-0.2, 0) is 17.6 Å². The molecular weight excluding hydrogens is 605 g/mol. The Kier molecular flexibility index (Phi) is 10.7. The fraction of sp³-hybridized carbons (Fsp3) is 0.595. The second-order valence-corrected chi connectivity index (χ2v) is 17.2. The molecule has 3 aliphatic carbocycles. The molecule has 49 heavy (non-hydrogen) atoms. The fourth-order valence-corrected chi connectivity index (χ4v) is 8.91. The number of fused-ring (bicyclic) bond motifs is 2. The summed E-state index contributed by atoms with van der Waals surface area (Å²) in [4.78, 5) is 14.7. The minimum absolute atomic E-state index is 0.0256. The molecule has 0 radical (unpaired) electrons. The summed E-state index contributed by atoms with van der Waals surface area (Å²) in [7, 11) is 1.69. The first-order chi connectivity index (χ1) is 23.0. The van der Waals surface area contributed by atoms with E-state index < -0.39 is 0 Å². The number of piperidine rings is 1. The van der Waals surface area contributed by atoms with Crippen molar-refractivity contribution in [3.63, 3.8) is 0 Å². The maximum absolute atomic E-state index is 12.2. The normalized spacial score (nSPS) is 24.4. The van der Waals surface area contributed by atoms with Crippen LogP contribution in [0.15, 0.2) is 85.6 Å². The van der Waals surface area contributed by atoms with E-state index in [1.54, 1.807) is 7.05 Å². The lowest BCUT2D eigenvalue weighted by Crippen LogP contribution is -2.52. The number of nitrogens with one attached hydrogen (secondary N) is 4. The number of nitrogens with zero attached hydrogens (tertiary/aromatic N) is 1. The van der Waals surface area contributed by atoms with E-state index >= 15 is 0 Å². The van der Waals surface area contributed by atoms with Gasteiger partial charge < -0.3 is 31.9 Å². The molecule has 7 nitrogen and oxygen atoms in total. The zero-order valence-electron chi connectivity index (χ0n) is 31.3. The quantitative estimate of drug-likeness (QED) is 0.121. The molecule has 5 unspecified atom stereocenters. The average molecular weight is 669 g/mol.